The third kappa shape index (κ3) is 5.46. The summed E-state index contributed by atoms with van der Waals surface area (Å²) in [7, 11) is 1.34. The van der Waals surface area contributed by atoms with Crippen molar-refractivity contribution in [3.8, 4) is 5.75 Å². The number of carbonyl (C=O) groups is 1. The van der Waals surface area contributed by atoms with E-state index in [9.17, 15) is 18.0 Å². The van der Waals surface area contributed by atoms with Gasteiger partial charge in [-0.3, -0.25) is 0 Å². The molecule has 188 valence electrons. The van der Waals surface area contributed by atoms with Crippen LogP contribution in [0.1, 0.15) is 80.7 Å². The molecule has 0 unspecified atom stereocenters. The van der Waals surface area contributed by atoms with Gasteiger partial charge in [-0.15, -0.1) is 13.2 Å². The lowest BCUT2D eigenvalue weighted by molar-refractivity contribution is -0.274. The number of halogens is 3. The molecule has 1 aromatic heterocycles. The summed E-state index contributed by atoms with van der Waals surface area (Å²) in [5.74, 6) is 0.486. The smallest absolute Gasteiger partial charge is 0.465 e. The second-order valence-corrected chi connectivity index (χ2v) is 10.4. The molecule has 5 nitrogen and oxygen atoms in total. The van der Waals surface area contributed by atoms with E-state index in [1.165, 1.54) is 19.2 Å². The van der Waals surface area contributed by atoms with E-state index in [0.29, 0.717) is 17.0 Å². The van der Waals surface area contributed by atoms with E-state index in [2.05, 4.69) is 30.1 Å². The van der Waals surface area contributed by atoms with Crippen LogP contribution in [-0.4, -0.2) is 29.0 Å². The highest BCUT2D eigenvalue weighted by Gasteiger charge is 2.35. The van der Waals surface area contributed by atoms with Crippen molar-refractivity contribution in [2.24, 2.45) is 11.3 Å². The molecular formula is C27H31F3N2O3. The molecule has 0 N–H and O–H groups in total. The van der Waals surface area contributed by atoms with Gasteiger partial charge in [-0.25, -0.2) is 9.78 Å². The number of carbonyl (C=O) groups excluding carboxylic acids is 1. The van der Waals surface area contributed by atoms with E-state index in [-0.39, 0.29) is 23.1 Å². The van der Waals surface area contributed by atoms with Crippen LogP contribution in [0.25, 0.3) is 11.0 Å². The predicted octanol–water partition coefficient (Wildman–Crippen LogP) is 7.26. The summed E-state index contributed by atoms with van der Waals surface area (Å²) in [6.45, 7) is 8.83. The molecule has 8 heteroatoms. The molecule has 0 bridgehead atoms. The van der Waals surface area contributed by atoms with Gasteiger partial charge in [0, 0.05) is 12.0 Å². The molecular weight excluding hydrogens is 457 g/mol. The van der Waals surface area contributed by atoms with Gasteiger partial charge in [-0.2, -0.15) is 0 Å². The summed E-state index contributed by atoms with van der Waals surface area (Å²) in [5, 5.41) is 0. The van der Waals surface area contributed by atoms with Gasteiger partial charge in [0.25, 0.3) is 0 Å². The van der Waals surface area contributed by atoms with Crippen LogP contribution in [0.15, 0.2) is 42.5 Å². The Bertz CT molecular complexity index is 1210. The molecule has 3 aromatic rings. The summed E-state index contributed by atoms with van der Waals surface area (Å²) < 4.78 is 48.9. The summed E-state index contributed by atoms with van der Waals surface area (Å²) in [6.07, 6.45) is -1.59. The molecule has 0 spiro atoms. The van der Waals surface area contributed by atoms with Gasteiger partial charge >= 0.3 is 12.3 Å². The van der Waals surface area contributed by atoms with Crippen LogP contribution >= 0.6 is 0 Å². The first kappa shape index (κ1) is 25.1. The van der Waals surface area contributed by atoms with Crippen LogP contribution in [-0.2, 0) is 4.74 Å². The zero-order valence-electron chi connectivity index (χ0n) is 20.6. The first-order valence-electron chi connectivity index (χ1n) is 11.8. The molecule has 1 aliphatic rings. The Balaban J connectivity index is 1.79. The van der Waals surface area contributed by atoms with Crippen molar-refractivity contribution in [3.63, 3.8) is 0 Å². The molecule has 1 heterocycles. The Morgan fingerprint density at radius 2 is 1.83 bits per heavy atom. The van der Waals surface area contributed by atoms with Crippen LogP contribution in [0.2, 0.25) is 0 Å². The van der Waals surface area contributed by atoms with Gasteiger partial charge in [0.2, 0.25) is 0 Å². The van der Waals surface area contributed by atoms with Crippen LogP contribution in [0.3, 0.4) is 0 Å². The van der Waals surface area contributed by atoms with Gasteiger partial charge in [-0.05, 0) is 66.5 Å². The fourth-order valence-electron chi connectivity index (χ4n) is 5.65. The zero-order valence-corrected chi connectivity index (χ0v) is 20.6. The highest BCUT2D eigenvalue weighted by molar-refractivity contribution is 5.93. The molecule has 0 radical (unpaired) electrons. The fraction of sp³-hybridized carbons (Fsp3) is 0.481. The molecule has 0 aliphatic heterocycles. The minimum absolute atomic E-state index is 0.169. The van der Waals surface area contributed by atoms with Crippen molar-refractivity contribution in [3.05, 3.63) is 59.4 Å². The zero-order chi connectivity index (χ0) is 25.5. The number of imidazole rings is 1. The largest absolute Gasteiger partial charge is 0.573 e. The molecule has 0 saturated heterocycles. The Hall–Kier alpha value is -3.03. The fourth-order valence-corrected chi connectivity index (χ4v) is 5.65. The van der Waals surface area contributed by atoms with Crippen LogP contribution in [0, 0.1) is 11.3 Å². The highest BCUT2D eigenvalue weighted by Crippen LogP contribution is 2.46. The number of hydrogen-bond acceptors (Lipinski definition) is 4. The molecule has 1 fully saturated rings. The second-order valence-electron chi connectivity index (χ2n) is 10.4. The van der Waals surface area contributed by atoms with Crippen molar-refractivity contribution in [1.82, 2.24) is 9.55 Å². The van der Waals surface area contributed by atoms with E-state index in [0.717, 1.165) is 36.2 Å². The number of ether oxygens (including phenoxy) is 2. The summed E-state index contributed by atoms with van der Waals surface area (Å²) in [6, 6.07) is 11.6. The second kappa shape index (κ2) is 9.21. The Morgan fingerprint density at radius 3 is 2.43 bits per heavy atom. The lowest BCUT2D eigenvalue weighted by Crippen LogP contribution is -2.30. The van der Waals surface area contributed by atoms with Crippen LogP contribution < -0.4 is 4.74 Å². The van der Waals surface area contributed by atoms with E-state index >= 15 is 0 Å². The number of hydrogen-bond donors (Lipinski definition) is 0. The minimum Gasteiger partial charge on any atom is -0.465 e. The highest BCUT2D eigenvalue weighted by atomic mass is 19.4. The summed E-state index contributed by atoms with van der Waals surface area (Å²) in [4.78, 5) is 17.1. The lowest BCUT2D eigenvalue weighted by Gasteiger charge is -2.40. The van der Waals surface area contributed by atoms with Gasteiger partial charge in [0.05, 0.1) is 23.7 Å². The Kier molecular flexibility index (Phi) is 6.60. The third-order valence-electron chi connectivity index (χ3n) is 6.87. The van der Waals surface area contributed by atoms with Crippen molar-refractivity contribution < 1.29 is 27.4 Å². The van der Waals surface area contributed by atoms with E-state index in [1.807, 2.05) is 13.0 Å². The topological polar surface area (TPSA) is 53.4 Å². The molecule has 4 rings (SSSR count). The van der Waals surface area contributed by atoms with Crippen LogP contribution in [0.4, 0.5) is 13.2 Å². The maximum atomic E-state index is 12.6. The molecule has 1 saturated carbocycles. The van der Waals surface area contributed by atoms with E-state index in [1.54, 1.807) is 24.3 Å². The number of aromatic nitrogens is 2. The predicted molar refractivity (Wildman–Crippen MR) is 128 cm³/mol. The number of methoxy groups -OCH3 is 1. The van der Waals surface area contributed by atoms with Gasteiger partial charge in [0.15, 0.2) is 0 Å². The SMILES string of the molecule is COC(=O)c1ccc2c(c1)nc([C@H](C)c1ccc(OC(F)(F)F)cc1)n2[C@@H]1C[C@@H](C)CC(C)(C)C1. The summed E-state index contributed by atoms with van der Waals surface area (Å²) in [5.41, 5.74) is 3.05. The van der Waals surface area contributed by atoms with Crippen molar-refractivity contribution in [2.75, 3.05) is 7.11 Å². The summed E-state index contributed by atoms with van der Waals surface area (Å²) >= 11 is 0. The molecule has 0 amide bonds. The average Bonchev–Trinajstić information content (AvgIpc) is 3.15. The molecule has 1 aliphatic carbocycles. The normalized spacial score (nSPS) is 21.0. The minimum atomic E-state index is -4.73. The van der Waals surface area contributed by atoms with Crippen LogP contribution in [0.5, 0.6) is 5.75 Å². The number of rotatable bonds is 5. The first-order valence-corrected chi connectivity index (χ1v) is 11.8. The molecule has 35 heavy (non-hydrogen) atoms. The van der Waals surface area contributed by atoms with Gasteiger partial charge in [-0.1, -0.05) is 39.8 Å². The third-order valence-corrected chi connectivity index (χ3v) is 6.87. The van der Waals surface area contributed by atoms with E-state index in [4.69, 9.17) is 9.72 Å². The maximum Gasteiger partial charge on any atom is 0.573 e. The van der Waals surface area contributed by atoms with Crippen molar-refractivity contribution in [2.45, 2.75) is 65.3 Å². The van der Waals surface area contributed by atoms with E-state index < -0.39 is 12.3 Å². The van der Waals surface area contributed by atoms with Gasteiger partial charge in [0.1, 0.15) is 11.6 Å². The number of fused-ring (bicyclic) bond motifs is 1. The average molecular weight is 489 g/mol. The Labute approximate surface area is 203 Å². The number of esters is 1. The maximum absolute atomic E-state index is 12.6. The number of nitrogens with zero attached hydrogens (tertiary/aromatic N) is 2. The number of benzene rings is 2. The molecule has 3 atom stereocenters. The quantitative estimate of drug-likeness (QED) is 0.355. The first-order chi connectivity index (χ1) is 16.4. The monoisotopic (exact) mass is 488 g/mol. The lowest BCUT2D eigenvalue weighted by atomic mass is 9.70. The van der Waals surface area contributed by atoms with Crippen molar-refractivity contribution in [1.29, 1.82) is 0 Å². The van der Waals surface area contributed by atoms with Gasteiger partial charge < -0.3 is 14.0 Å². The number of alkyl halides is 3. The standard InChI is InChI=1S/C27H31F3N2O3/c1-16-12-20(15-26(3,4)14-16)32-23-11-8-19(25(33)34-5)13-22(23)31-24(32)17(2)18-6-9-21(10-7-18)35-27(28,29)30/h6-11,13,16-17,20H,12,14-15H2,1-5H3/t16-,17-,20-/m1/s1. The molecule has 2 aromatic carbocycles. The van der Waals surface area contributed by atoms with Crippen molar-refractivity contribution >= 4 is 17.0 Å². The Morgan fingerprint density at radius 1 is 1.14 bits per heavy atom.